The van der Waals surface area contributed by atoms with Crippen LogP contribution in [0.15, 0.2) is 24.3 Å². The zero-order valence-electron chi connectivity index (χ0n) is 9.78. The summed E-state index contributed by atoms with van der Waals surface area (Å²) in [5, 5.41) is 12.1. The third kappa shape index (κ3) is 3.64. The van der Waals surface area contributed by atoms with Crippen molar-refractivity contribution in [2.45, 2.75) is 26.1 Å². The lowest BCUT2D eigenvalue weighted by atomic mass is 10.1. The summed E-state index contributed by atoms with van der Waals surface area (Å²) < 4.78 is 4.99. The predicted molar refractivity (Wildman–Crippen MR) is 62.1 cm³/mol. The number of hydrogen-bond donors (Lipinski definition) is 2. The normalized spacial score (nSPS) is 11.2. The number of rotatable bonds is 4. The molecule has 0 aliphatic rings. The fourth-order valence-corrected chi connectivity index (χ4v) is 1.19. The number of aliphatic hydroxyl groups is 1. The maximum absolute atomic E-state index is 11.5. The molecule has 0 radical (unpaired) electrons. The number of nitrogens with one attached hydrogen (secondary N) is 1. The first-order chi connectivity index (χ1) is 7.43. The zero-order valence-corrected chi connectivity index (χ0v) is 9.78. The summed E-state index contributed by atoms with van der Waals surface area (Å²) >= 11 is 0. The molecule has 0 aromatic heterocycles. The molecule has 0 saturated heterocycles. The number of hydrogen-bond acceptors (Lipinski definition) is 3. The Hall–Kier alpha value is -1.39. The summed E-state index contributed by atoms with van der Waals surface area (Å²) in [6.07, 6.45) is 0. The molecular formula is C12H17NO3. The van der Waals surface area contributed by atoms with Gasteiger partial charge in [-0.05, 0) is 31.5 Å². The van der Waals surface area contributed by atoms with Crippen LogP contribution in [-0.2, 0) is 16.1 Å². The van der Waals surface area contributed by atoms with Gasteiger partial charge in [-0.3, -0.25) is 4.79 Å². The quantitative estimate of drug-likeness (QED) is 0.814. The summed E-state index contributed by atoms with van der Waals surface area (Å²) in [4.78, 5) is 11.5. The van der Waals surface area contributed by atoms with Gasteiger partial charge in [0.05, 0.1) is 6.61 Å². The monoisotopic (exact) mass is 223 g/mol. The summed E-state index contributed by atoms with van der Waals surface area (Å²) in [6.45, 7) is 3.38. The molecule has 0 saturated carbocycles. The Morgan fingerprint density at radius 3 is 2.75 bits per heavy atom. The van der Waals surface area contributed by atoms with Gasteiger partial charge in [-0.15, -0.1) is 0 Å². The number of carbonyl (C=O) groups is 1. The van der Waals surface area contributed by atoms with Crippen molar-refractivity contribution in [3.63, 3.8) is 0 Å². The Morgan fingerprint density at radius 2 is 2.19 bits per heavy atom. The van der Waals surface area contributed by atoms with Crippen molar-refractivity contribution in [2.24, 2.45) is 0 Å². The summed E-state index contributed by atoms with van der Waals surface area (Å²) in [7, 11) is 1.61. The Bertz CT molecular complexity index is 369. The van der Waals surface area contributed by atoms with E-state index in [-0.39, 0.29) is 0 Å². The molecule has 88 valence electrons. The molecule has 0 fully saturated rings. The predicted octanol–water partition coefficient (Wildman–Crippen LogP) is 1.54. The van der Waals surface area contributed by atoms with Gasteiger partial charge in [-0.2, -0.15) is 0 Å². The highest BCUT2D eigenvalue weighted by atomic mass is 16.5. The van der Waals surface area contributed by atoms with Crippen LogP contribution < -0.4 is 5.32 Å². The van der Waals surface area contributed by atoms with Crippen LogP contribution in [0, 0.1) is 0 Å². The third-order valence-corrected chi connectivity index (χ3v) is 2.05. The van der Waals surface area contributed by atoms with Crippen LogP contribution in [0.2, 0.25) is 0 Å². The summed E-state index contributed by atoms with van der Waals surface area (Å²) in [5.74, 6) is -0.429. The van der Waals surface area contributed by atoms with Crippen molar-refractivity contribution >= 4 is 11.6 Å². The molecule has 4 nitrogen and oxygen atoms in total. The van der Waals surface area contributed by atoms with E-state index in [4.69, 9.17) is 4.74 Å². The Kier molecular flexibility index (Phi) is 4.04. The minimum Gasteiger partial charge on any atom is -0.381 e. The van der Waals surface area contributed by atoms with E-state index in [0.29, 0.717) is 12.3 Å². The Balaban J connectivity index is 2.74. The van der Waals surface area contributed by atoms with Crippen LogP contribution in [0.4, 0.5) is 5.69 Å². The van der Waals surface area contributed by atoms with E-state index in [1.807, 2.05) is 18.2 Å². The molecule has 0 atom stereocenters. The van der Waals surface area contributed by atoms with Gasteiger partial charge in [-0.25, -0.2) is 0 Å². The second-order valence-electron chi connectivity index (χ2n) is 4.15. The van der Waals surface area contributed by atoms with Gasteiger partial charge in [-0.1, -0.05) is 12.1 Å². The number of benzene rings is 1. The second kappa shape index (κ2) is 5.09. The van der Waals surface area contributed by atoms with Crippen molar-refractivity contribution < 1.29 is 14.6 Å². The largest absolute Gasteiger partial charge is 0.381 e. The second-order valence-corrected chi connectivity index (χ2v) is 4.15. The SMILES string of the molecule is COCc1cccc(NC(=O)C(C)(C)O)c1. The van der Waals surface area contributed by atoms with E-state index < -0.39 is 11.5 Å². The molecule has 4 heteroatoms. The van der Waals surface area contributed by atoms with Crippen molar-refractivity contribution in [2.75, 3.05) is 12.4 Å². The molecule has 1 rings (SSSR count). The fraction of sp³-hybridized carbons (Fsp3) is 0.417. The lowest BCUT2D eigenvalue weighted by Gasteiger charge is -2.16. The average molecular weight is 223 g/mol. The number of amides is 1. The Labute approximate surface area is 95.2 Å². The van der Waals surface area contributed by atoms with Crippen molar-refractivity contribution in [3.8, 4) is 0 Å². The first-order valence-corrected chi connectivity index (χ1v) is 5.05. The molecule has 2 N–H and O–H groups in total. The Morgan fingerprint density at radius 1 is 1.50 bits per heavy atom. The van der Waals surface area contributed by atoms with E-state index in [9.17, 15) is 9.90 Å². The number of anilines is 1. The molecule has 0 heterocycles. The van der Waals surface area contributed by atoms with Crippen LogP contribution in [-0.4, -0.2) is 23.7 Å². The van der Waals surface area contributed by atoms with E-state index in [0.717, 1.165) is 5.56 Å². The van der Waals surface area contributed by atoms with Crippen molar-refractivity contribution in [3.05, 3.63) is 29.8 Å². The van der Waals surface area contributed by atoms with Crippen LogP contribution in [0.1, 0.15) is 19.4 Å². The standard InChI is InChI=1S/C12H17NO3/c1-12(2,15)11(14)13-10-6-4-5-9(7-10)8-16-3/h4-7,15H,8H2,1-3H3,(H,13,14). The molecule has 1 aromatic rings. The van der Waals surface area contributed by atoms with Crippen LogP contribution in [0.3, 0.4) is 0 Å². The lowest BCUT2D eigenvalue weighted by molar-refractivity contribution is -0.130. The van der Waals surface area contributed by atoms with Gasteiger partial charge >= 0.3 is 0 Å². The van der Waals surface area contributed by atoms with Crippen molar-refractivity contribution in [1.82, 2.24) is 0 Å². The third-order valence-electron chi connectivity index (χ3n) is 2.05. The molecule has 16 heavy (non-hydrogen) atoms. The van der Waals surface area contributed by atoms with Gasteiger partial charge in [0.25, 0.3) is 5.91 Å². The molecule has 1 amide bonds. The summed E-state index contributed by atoms with van der Waals surface area (Å²) in [6, 6.07) is 7.31. The molecule has 0 unspecified atom stereocenters. The smallest absolute Gasteiger partial charge is 0.255 e. The molecule has 0 spiro atoms. The lowest BCUT2D eigenvalue weighted by Crippen LogP contribution is -2.36. The van der Waals surface area contributed by atoms with Crippen LogP contribution in [0.25, 0.3) is 0 Å². The maximum atomic E-state index is 11.5. The minimum absolute atomic E-state index is 0.429. The maximum Gasteiger partial charge on any atom is 0.255 e. The first-order valence-electron chi connectivity index (χ1n) is 5.05. The van der Waals surface area contributed by atoms with E-state index >= 15 is 0 Å². The topological polar surface area (TPSA) is 58.6 Å². The number of carbonyl (C=O) groups excluding carboxylic acids is 1. The highest BCUT2D eigenvalue weighted by Gasteiger charge is 2.23. The summed E-state index contributed by atoms with van der Waals surface area (Å²) in [5.41, 5.74) is 0.245. The molecular weight excluding hydrogens is 206 g/mol. The van der Waals surface area contributed by atoms with Gasteiger partial charge in [0.15, 0.2) is 0 Å². The molecule has 0 aliphatic heterocycles. The molecule has 1 aromatic carbocycles. The highest BCUT2D eigenvalue weighted by Crippen LogP contribution is 2.13. The average Bonchev–Trinajstić information content (AvgIpc) is 2.17. The van der Waals surface area contributed by atoms with E-state index in [1.165, 1.54) is 13.8 Å². The van der Waals surface area contributed by atoms with Gasteiger partial charge < -0.3 is 15.2 Å². The van der Waals surface area contributed by atoms with Crippen molar-refractivity contribution in [1.29, 1.82) is 0 Å². The van der Waals surface area contributed by atoms with Crippen LogP contribution in [0.5, 0.6) is 0 Å². The van der Waals surface area contributed by atoms with E-state index in [2.05, 4.69) is 5.32 Å². The van der Waals surface area contributed by atoms with Gasteiger partial charge in [0.2, 0.25) is 0 Å². The molecule has 0 bridgehead atoms. The highest BCUT2D eigenvalue weighted by molar-refractivity contribution is 5.96. The first kappa shape index (κ1) is 12.7. The number of methoxy groups -OCH3 is 1. The molecule has 0 aliphatic carbocycles. The van der Waals surface area contributed by atoms with E-state index in [1.54, 1.807) is 13.2 Å². The van der Waals surface area contributed by atoms with Crippen LogP contribution >= 0.6 is 0 Å². The fourth-order valence-electron chi connectivity index (χ4n) is 1.19. The van der Waals surface area contributed by atoms with Gasteiger partial charge in [0.1, 0.15) is 5.60 Å². The number of ether oxygens (including phenoxy) is 1. The zero-order chi connectivity index (χ0) is 12.2. The van der Waals surface area contributed by atoms with Gasteiger partial charge in [0, 0.05) is 12.8 Å². The minimum atomic E-state index is -1.38.